The molecule has 0 radical (unpaired) electrons. The summed E-state index contributed by atoms with van der Waals surface area (Å²) < 4.78 is 7.70. The van der Waals surface area contributed by atoms with Crippen LogP contribution in [0.15, 0.2) is 65.3 Å². The first-order valence-corrected chi connectivity index (χ1v) is 7.73. The molecule has 0 saturated heterocycles. The Morgan fingerprint density at radius 1 is 1.13 bits per heavy atom. The number of rotatable bonds is 4. The number of benzene rings is 2. The first-order chi connectivity index (χ1) is 11.2. The first-order valence-electron chi connectivity index (χ1n) is 6.94. The molecule has 0 fully saturated rings. The molecule has 3 rings (SSSR count). The van der Waals surface area contributed by atoms with E-state index in [1.165, 1.54) is 7.11 Å². The molecule has 0 unspecified atom stereocenters. The first kappa shape index (κ1) is 15.3. The van der Waals surface area contributed by atoms with Crippen LogP contribution in [0.25, 0.3) is 5.69 Å². The fourth-order valence-corrected chi connectivity index (χ4v) is 2.51. The van der Waals surface area contributed by atoms with Gasteiger partial charge in [0.2, 0.25) is 0 Å². The van der Waals surface area contributed by atoms with Crippen LogP contribution in [0.3, 0.4) is 0 Å². The van der Waals surface area contributed by atoms with Crippen molar-refractivity contribution in [1.82, 2.24) is 9.78 Å². The van der Waals surface area contributed by atoms with Crippen molar-refractivity contribution < 1.29 is 9.53 Å². The second-order valence-corrected chi connectivity index (χ2v) is 5.61. The number of para-hydroxylation sites is 2. The standard InChI is InChI=1S/C17H14BrN3O2/c1-23-15-11-21(12-7-3-2-4-8-12)20-16(15)17(22)19-14-10-6-5-9-13(14)18/h2-11H,1H3,(H,19,22). The van der Waals surface area contributed by atoms with E-state index in [1.807, 2.05) is 54.6 Å². The molecule has 1 amide bonds. The smallest absolute Gasteiger partial charge is 0.280 e. The van der Waals surface area contributed by atoms with Crippen molar-refractivity contribution in [3.8, 4) is 11.4 Å². The predicted molar refractivity (Wildman–Crippen MR) is 92.2 cm³/mol. The Hall–Kier alpha value is -2.60. The number of aromatic nitrogens is 2. The van der Waals surface area contributed by atoms with Crippen molar-refractivity contribution in [2.75, 3.05) is 12.4 Å². The molecule has 0 aliphatic carbocycles. The van der Waals surface area contributed by atoms with Gasteiger partial charge in [-0.25, -0.2) is 4.68 Å². The average Bonchev–Trinajstić information content (AvgIpc) is 3.02. The summed E-state index contributed by atoms with van der Waals surface area (Å²) in [7, 11) is 1.52. The summed E-state index contributed by atoms with van der Waals surface area (Å²) in [6.07, 6.45) is 1.68. The van der Waals surface area contributed by atoms with Crippen molar-refractivity contribution in [3.05, 3.63) is 71.0 Å². The van der Waals surface area contributed by atoms with E-state index >= 15 is 0 Å². The molecule has 6 heteroatoms. The van der Waals surface area contributed by atoms with Crippen LogP contribution < -0.4 is 10.1 Å². The van der Waals surface area contributed by atoms with Gasteiger partial charge in [-0.05, 0) is 40.2 Å². The number of halogens is 1. The molecule has 1 heterocycles. The third-order valence-electron chi connectivity index (χ3n) is 3.26. The van der Waals surface area contributed by atoms with E-state index in [9.17, 15) is 4.79 Å². The van der Waals surface area contributed by atoms with Gasteiger partial charge in [0, 0.05) is 4.47 Å². The molecule has 0 saturated carbocycles. The number of hydrogen-bond donors (Lipinski definition) is 1. The fourth-order valence-electron chi connectivity index (χ4n) is 2.12. The minimum Gasteiger partial charge on any atom is -0.493 e. The van der Waals surface area contributed by atoms with Gasteiger partial charge in [0.05, 0.1) is 24.7 Å². The Bertz CT molecular complexity index is 831. The fraction of sp³-hybridized carbons (Fsp3) is 0.0588. The number of carbonyl (C=O) groups excluding carboxylic acids is 1. The Kier molecular flexibility index (Phi) is 4.43. The van der Waals surface area contributed by atoms with E-state index in [0.29, 0.717) is 11.4 Å². The molecule has 5 nitrogen and oxygen atoms in total. The van der Waals surface area contributed by atoms with Crippen molar-refractivity contribution in [2.45, 2.75) is 0 Å². The quantitative estimate of drug-likeness (QED) is 0.756. The third kappa shape index (κ3) is 3.27. The van der Waals surface area contributed by atoms with E-state index in [1.54, 1.807) is 10.9 Å². The summed E-state index contributed by atoms with van der Waals surface area (Å²) in [6.45, 7) is 0. The molecule has 1 N–H and O–H groups in total. The topological polar surface area (TPSA) is 56.2 Å². The number of carbonyl (C=O) groups is 1. The minimum absolute atomic E-state index is 0.229. The number of hydrogen-bond acceptors (Lipinski definition) is 3. The third-order valence-corrected chi connectivity index (χ3v) is 3.95. The Morgan fingerprint density at radius 3 is 2.52 bits per heavy atom. The largest absolute Gasteiger partial charge is 0.493 e. The predicted octanol–water partition coefficient (Wildman–Crippen LogP) is 3.90. The van der Waals surface area contributed by atoms with Gasteiger partial charge in [-0.15, -0.1) is 0 Å². The molecule has 0 bridgehead atoms. The summed E-state index contributed by atoms with van der Waals surface area (Å²) in [4.78, 5) is 12.5. The summed E-state index contributed by atoms with van der Waals surface area (Å²) in [5.41, 5.74) is 1.76. The minimum atomic E-state index is -0.330. The van der Waals surface area contributed by atoms with Crippen LogP contribution in [0.1, 0.15) is 10.5 Å². The average molecular weight is 372 g/mol. The lowest BCUT2D eigenvalue weighted by atomic mass is 10.3. The molecule has 23 heavy (non-hydrogen) atoms. The second kappa shape index (κ2) is 6.66. The maximum atomic E-state index is 12.5. The summed E-state index contributed by atoms with van der Waals surface area (Å²) >= 11 is 3.40. The van der Waals surface area contributed by atoms with Gasteiger partial charge in [0.1, 0.15) is 0 Å². The van der Waals surface area contributed by atoms with E-state index in [0.717, 1.165) is 10.2 Å². The van der Waals surface area contributed by atoms with Gasteiger partial charge in [0.15, 0.2) is 11.4 Å². The highest BCUT2D eigenvalue weighted by Gasteiger charge is 2.19. The van der Waals surface area contributed by atoms with Crippen LogP contribution in [-0.4, -0.2) is 22.8 Å². The van der Waals surface area contributed by atoms with Crippen LogP contribution in [0.4, 0.5) is 5.69 Å². The van der Waals surface area contributed by atoms with E-state index in [-0.39, 0.29) is 11.6 Å². The van der Waals surface area contributed by atoms with Crippen molar-refractivity contribution >= 4 is 27.5 Å². The summed E-state index contributed by atoms with van der Waals surface area (Å²) in [6, 6.07) is 16.9. The lowest BCUT2D eigenvalue weighted by Crippen LogP contribution is -2.14. The van der Waals surface area contributed by atoms with Gasteiger partial charge in [0.25, 0.3) is 5.91 Å². The second-order valence-electron chi connectivity index (χ2n) is 4.76. The summed E-state index contributed by atoms with van der Waals surface area (Å²) in [5, 5.41) is 7.17. The van der Waals surface area contributed by atoms with E-state index < -0.39 is 0 Å². The number of anilines is 1. The molecule has 3 aromatic rings. The zero-order chi connectivity index (χ0) is 16.2. The van der Waals surface area contributed by atoms with Crippen LogP contribution in [0.2, 0.25) is 0 Å². The van der Waals surface area contributed by atoms with Crippen molar-refractivity contribution in [3.63, 3.8) is 0 Å². The molecule has 0 aliphatic heterocycles. The van der Waals surface area contributed by atoms with Crippen LogP contribution >= 0.6 is 15.9 Å². The van der Waals surface area contributed by atoms with Crippen molar-refractivity contribution in [1.29, 1.82) is 0 Å². The lowest BCUT2D eigenvalue weighted by molar-refractivity contribution is 0.101. The number of methoxy groups -OCH3 is 1. The molecule has 1 aromatic heterocycles. The molecular formula is C17H14BrN3O2. The Labute approximate surface area is 142 Å². The number of nitrogens with one attached hydrogen (secondary N) is 1. The molecule has 2 aromatic carbocycles. The normalized spacial score (nSPS) is 10.3. The van der Waals surface area contributed by atoms with Gasteiger partial charge in [-0.1, -0.05) is 30.3 Å². The number of nitrogens with zero attached hydrogens (tertiary/aromatic N) is 2. The zero-order valence-electron chi connectivity index (χ0n) is 12.4. The molecule has 116 valence electrons. The lowest BCUT2D eigenvalue weighted by Gasteiger charge is -2.06. The molecule has 0 spiro atoms. The molecule has 0 aliphatic rings. The van der Waals surface area contributed by atoms with Crippen LogP contribution in [0, 0.1) is 0 Å². The summed E-state index contributed by atoms with van der Waals surface area (Å²) in [5.74, 6) is 0.0850. The van der Waals surface area contributed by atoms with Crippen LogP contribution in [-0.2, 0) is 0 Å². The van der Waals surface area contributed by atoms with Crippen molar-refractivity contribution in [2.24, 2.45) is 0 Å². The molecular weight excluding hydrogens is 358 g/mol. The molecule has 0 atom stereocenters. The SMILES string of the molecule is COc1cn(-c2ccccc2)nc1C(=O)Nc1ccccc1Br. The zero-order valence-corrected chi connectivity index (χ0v) is 13.9. The van der Waals surface area contributed by atoms with Gasteiger partial charge < -0.3 is 10.1 Å². The number of ether oxygens (including phenoxy) is 1. The highest BCUT2D eigenvalue weighted by molar-refractivity contribution is 9.10. The maximum Gasteiger partial charge on any atom is 0.280 e. The van der Waals surface area contributed by atoms with E-state index in [4.69, 9.17) is 4.74 Å². The monoisotopic (exact) mass is 371 g/mol. The Balaban J connectivity index is 1.91. The number of amides is 1. The van der Waals surface area contributed by atoms with Gasteiger partial charge in [-0.3, -0.25) is 4.79 Å². The van der Waals surface area contributed by atoms with Gasteiger partial charge in [-0.2, -0.15) is 5.10 Å². The van der Waals surface area contributed by atoms with E-state index in [2.05, 4.69) is 26.3 Å². The highest BCUT2D eigenvalue weighted by Crippen LogP contribution is 2.24. The maximum absolute atomic E-state index is 12.5. The van der Waals surface area contributed by atoms with Gasteiger partial charge >= 0.3 is 0 Å². The Morgan fingerprint density at radius 2 is 1.83 bits per heavy atom. The highest BCUT2D eigenvalue weighted by atomic mass is 79.9. The van der Waals surface area contributed by atoms with Crippen LogP contribution in [0.5, 0.6) is 5.75 Å².